The molecule has 3 N–H and O–H groups in total. The Morgan fingerprint density at radius 3 is 2.39 bits per heavy atom. The smallest absolute Gasteiger partial charge is 0.123 e. The van der Waals surface area contributed by atoms with Gasteiger partial charge in [0.05, 0.1) is 0 Å². The van der Waals surface area contributed by atoms with E-state index in [0.29, 0.717) is 5.92 Å². The van der Waals surface area contributed by atoms with E-state index in [1.165, 1.54) is 37.8 Å². The number of hydrazine groups is 1. The van der Waals surface area contributed by atoms with Crippen LogP contribution in [0.3, 0.4) is 0 Å². The Morgan fingerprint density at radius 2 is 1.89 bits per heavy atom. The molecule has 1 rings (SSSR count). The summed E-state index contributed by atoms with van der Waals surface area (Å²) < 4.78 is 12.9. The molecule has 0 spiro atoms. The topological polar surface area (TPSA) is 38.0 Å². The Morgan fingerprint density at radius 1 is 1.22 bits per heavy atom. The number of unbranched alkanes of at least 4 members (excludes halogenated alkanes) is 1. The van der Waals surface area contributed by atoms with E-state index in [1.807, 2.05) is 12.1 Å². The van der Waals surface area contributed by atoms with Gasteiger partial charge >= 0.3 is 0 Å². The van der Waals surface area contributed by atoms with Crippen molar-refractivity contribution in [2.45, 2.75) is 52.0 Å². The minimum Gasteiger partial charge on any atom is -0.271 e. The Bertz CT molecular complexity index is 324. The molecule has 3 heteroatoms. The summed E-state index contributed by atoms with van der Waals surface area (Å²) in [7, 11) is 0. The van der Waals surface area contributed by atoms with Crippen LogP contribution < -0.4 is 11.3 Å². The average Bonchev–Trinajstić information content (AvgIpc) is 2.40. The average molecular weight is 252 g/mol. The fourth-order valence-electron chi connectivity index (χ4n) is 2.31. The standard InChI is InChI=1S/C15H25FN2/c1-3-5-6-12(4-2)11-15(18-17)13-7-9-14(16)10-8-13/h7-10,12,15,18H,3-6,11,17H2,1-2H3. The molecule has 2 atom stereocenters. The van der Waals surface area contributed by atoms with Crippen molar-refractivity contribution in [1.29, 1.82) is 0 Å². The van der Waals surface area contributed by atoms with Crippen LogP contribution in [-0.4, -0.2) is 0 Å². The summed E-state index contributed by atoms with van der Waals surface area (Å²) in [5, 5.41) is 0. The normalized spacial score (nSPS) is 14.4. The van der Waals surface area contributed by atoms with Gasteiger partial charge in [0.25, 0.3) is 0 Å². The molecule has 0 aromatic heterocycles. The fraction of sp³-hybridized carbons (Fsp3) is 0.600. The first kappa shape index (κ1) is 15.1. The Balaban J connectivity index is 2.62. The zero-order chi connectivity index (χ0) is 13.4. The molecule has 18 heavy (non-hydrogen) atoms. The second kappa shape index (κ2) is 8.22. The largest absolute Gasteiger partial charge is 0.271 e. The maximum atomic E-state index is 12.9. The number of nitrogens with two attached hydrogens (primary N) is 1. The third-order valence-corrected chi connectivity index (χ3v) is 3.59. The van der Waals surface area contributed by atoms with Gasteiger partial charge in [-0.1, -0.05) is 51.7 Å². The zero-order valence-electron chi connectivity index (χ0n) is 11.5. The molecule has 2 nitrogen and oxygen atoms in total. The fourth-order valence-corrected chi connectivity index (χ4v) is 2.31. The van der Waals surface area contributed by atoms with E-state index in [4.69, 9.17) is 5.84 Å². The van der Waals surface area contributed by atoms with Crippen molar-refractivity contribution in [2.75, 3.05) is 0 Å². The van der Waals surface area contributed by atoms with E-state index in [2.05, 4.69) is 19.3 Å². The van der Waals surface area contributed by atoms with Gasteiger partial charge in [0, 0.05) is 6.04 Å². The molecule has 0 aliphatic carbocycles. The van der Waals surface area contributed by atoms with Gasteiger partial charge in [0.15, 0.2) is 0 Å². The van der Waals surface area contributed by atoms with Gasteiger partial charge in [-0.25, -0.2) is 4.39 Å². The lowest BCUT2D eigenvalue weighted by molar-refractivity contribution is 0.356. The monoisotopic (exact) mass is 252 g/mol. The molecule has 2 unspecified atom stereocenters. The maximum Gasteiger partial charge on any atom is 0.123 e. The van der Waals surface area contributed by atoms with Crippen molar-refractivity contribution in [1.82, 2.24) is 5.43 Å². The van der Waals surface area contributed by atoms with Crippen molar-refractivity contribution in [3.8, 4) is 0 Å². The third-order valence-electron chi connectivity index (χ3n) is 3.59. The van der Waals surface area contributed by atoms with E-state index in [9.17, 15) is 4.39 Å². The van der Waals surface area contributed by atoms with Crippen LogP contribution in [0.1, 0.15) is 57.6 Å². The molecule has 0 heterocycles. The van der Waals surface area contributed by atoms with Gasteiger partial charge in [-0.05, 0) is 30.0 Å². The Labute approximate surface area is 110 Å². The first-order valence-corrected chi connectivity index (χ1v) is 6.92. The lowest BCUT2D eigenvalue weighted by Gasteiger charge is -2.22. The number of hydrogen-bond donors (Lipinski definition) is 2. The van der Waals surface area contributed by atoms with Crippen LogP contribution in [0.25, 0.3) is 0 Å². The van der Waals surface area contributed by atoms with Gasteiger partial charge < -0.3 is 0 Å². The summed E-state index contributed by atoms with van der Waals surface area (Å²) in [4.78, 5) is 0. The van der Waals surface area contributed by atoms with Crippen molar-refractivity contribution < 1.29 is 4.39 Å². The molecular formula is C15H25FN2. The minimum absolute atomic E-state index is 0.118. The highest BCUT2D eigenvalue weighted by molar-refractivity contribution is 5.19. The summed E-state index contributed by atoms with van der Waals surface area (Å²) in [5.41, 5.74) is 3.92. The van der Waals surface area contributed by atoms with Crippen LogP contribution in [0.5, 0.6) is 0 Å². The minimum atomic E-state index is -0.201. The van der Waals surface area contributed by atoms with Crippen LogP contribution in [0.15, 0.2) is 24.3 Å². The number of halogens is 1. The predicted octanol–water partition coefficient (Wildman–Crippen LogP) is 3.94. The first-order chi connectivity index (χ1) is 8.71. The van der Waals surface area contributed by atoms with Crippen molar-refractivity contribution in [3.63, 3.8) is 0 Å². The first-order valence-electron chi connectivity index (χ1n) is 6.92. The summed E-state index contributed by atoms with van der Waals surface area (Å²) in [6.45, 7) is 4.43. The molecule has 0 saturated heterocycles. The molecule has 0 saturated carbocycles. The Kier molecular flexibility index (Phi) is 6.91. The van der Waals surface area contributed by atoms with Crippen LogP contribution in [-0.2, 0) is 0 Å². The zero-order valence-corrected chi connectivity index (χ0v) is 11.5. The van der Waals surface area contributed by atoms with Crippen molar-refractivity contribution in [3.05, 3.63) is 35.6 Å². The van der Waals surface area contributed by atoms with Crippen LogP contribution in [0.4, 0.5) is 4.39 Å². The molecule has 1 aromatic carbocycles. The summed E-state index contributed by atoms with van der Waals surface area (Å²) in [6.07, 6.45) is 5.91. The van der Waals surface area contributed by atoms with E-state index in [1.54, 1.807) is 0 Å². The molecule has 0 aliphatic rings. The number of hydrogen-bond acceptors (Lipinski definition) is 2. The Hall–Kier alpha value is -0.930. The van der Waals surface area contributed by atoms with E-state index < -0.39 is 0 Å². The molecule has 0 radical (unpaired) electrons. The van der Waals surface area contributed by atoms with Gasteiger partial charge in [0.1, 0.15) is 5.82 Å². The number of rotatable bonds is 8. The molecular weight excluding hydrogens is 227 g/mol. The number of nitrogens with one attached hydrogen (secondary N) is 1. The van der Waals surface area contributed by atoms with Crippen LogP contribution >= 0.6 is 0 Å². The van der Waals surface area contributed by atoms with Crippen LogP contribution in [0.2, 0.25) is 0 Å². The van der Waals surface area contributed by atoms with Gasteiger partial charge in [0.2, 0.25) is 0 Å². The predicted molar refractivity (Wildman–Crippen MR) is 74.4 cm³/mol. The molecule has 0 fully saturated rings. The molecule has 1 aromatic rings. The molecule has 102 valence electrons. The van der Waals surface area contributed by atoms with Crippen molar-refractivity contribution >= 4 is 0 Å². The summed E-state index contributed by atoms with van der Waals surface area (Å²) in [6, 6.07) is 6.73. The summed E-state index contributed by atoms with van der Waals surface area (Å²) in [5.74, 6) is 6.11. The second-order valence-corrected chi connectivity index (χ2v) is 4.92. The van der Waals surface area contributed by atoms with Crippen molar-refractivity contribution in [2.24, 2.45) is 11.8 Å². The highest BCUT2D eigenvalue weighted by Crippen LogP contribution is 2.26. The van der Waals surface area contributed by atoms with E-state index >= 15 is 0 Å². The number of benzene rings is 1. The van der Waals surface area contributed by atoms with E-state index in [0.717, 1.165) is 12.0 Å². The third kappa shape index (κ3) is 4.75. The van der Waals surface area contributed by atoms with Gasteiger partial charge in [-0.15, -0.1) is 0 Å². The quantitative estimate of drug-likeness (QED) is 0.543. The maximum absolute atomic E-state index is 12.9. The van der Waals surface area contributed by atoms with Gasteiger partial charge in [-0.2, -0.15) is 0 Å². The highest BCUT2D eigenvalue weighted by atomic mass is 19.1. The lowest BCUT2D eigenvalue weighted by Crippen LogP contribution is -2.29. The van der Waals surface area contributed by atoms with E-state index in [-0.39, 0.29) is 11.9 Å². The summed E-state index contributed by atoms with van der Waals surface area (Å²) >= 11 is 0. The molecule has 0 bridgehead atoms. The van der Waals surface area contributed by atoms with Crippen LogP contribution in [0, 0.1) is 11.7 Å². The second-order valence-electron chi connectivity index (χ2n) is 4.92. The molecule has 0 amide bonds. The SMILES string of the molecule is CCCCC(CC)CC(NN)c1ccc(F)cc1. The lowest BCUT2D eigenvalue weighted by atomic mass is 9.89. The molecule has 0 aliphatic heterocycles. The van der Waals surface area contributed by atoms with Gasteiger partial charge in [-0.3, -0.25) is 11.3 Å². The highest BCUT2D eigenvalue weighted by Gasteiger charge is 2.15.